The predicted molar refractivity (Wildman–Crippen MR) is 105 cm³/mol. The average Bonchev–Trinajstić information content (AvgIpc) is 3.44. The molecule has 3 heterocycles. The van der Waals surface area contributed by atoms with Gasteiger partial charge in [0.2, 0.25) is 0 Å². The van der Waals surface area contributed by atoms with Crippen molar-refractivity contribution in [2.45, 2.75) is 6.92 Å². The van der Waals surface area contributed by atoms with Crippen molar-refractivity contribution in [2.75, 3.05) is 10.6 Å². The Kier molecular flexibility index (Phi) is 4.85. The summed E-state index contributed by atoms with van der Waals surface area (Å²) in [6.45, 7) is 1.84. The molecule has 3 aromatic heterocycles. The van der Waals surface area contributed by atoms with Crippen molar-refractivity contribution in [1.29, 1.82) is 0 Å². The Bertz CT molecular complexity index is 1150. The van der Waals surface area contributed by atoms with Gasteiger partial charge >= 0.3 is 0 Å². The van der Waals surface area contributed by atoms with Gasteiger partial charge in [0.1, 0.15) is 18.5 Å². The number of nitrogens with one attached hydrogen (secondary N) is 2. The fraction of sp³-hybridized carbons (Fsp3) is 0.0500. The van der Waals surface area contributed by atoms with Gasteiger partial charge in [-0.05, 0) is 55.0 Å². The molecule has 9 heteroatoms. The molecule has 0 bridgehead atoms. The molecule has 0 unspecified atom stereocenters. The highest BCUT2D eigenvalue weighted by atomic mass is 16.3. The maximum absolute atomic E-state index is 12.6. The van der Waals surface area contributed by atoms with Gasteiger partial charge in [0.15, 0.2) is 5.76 Å². The maximum atomic E-state index is 12.6. The molecule has 2 N–H and O–H groups in total. The van der Waals surface area contributed by atoms with Crippen LogP contribution in [0, 0.1) is 6.92 Å². The van der Waals surface area contributed by atoms with Gasteiger partial charge in [0, 0.05) is 23.1 Å². The molecule has 0 radical (unpaired) electrons. The van der Waals surface area contributed by atoms with E-state index in [0.29, 0.717) is 22.8 Å². The number of anilines is 2. The molecule has 1 aromatic carbocycles. The van der Waals surface area contributed by atoms with Gasteiger partial charge in [-0.3, -0.25) is 14.2 Å². The first-order valence-corrected chi connectivity index (χ1v) is 8.68. The standard InChI is InChI=1S/C20H16N6O3/c1-13-9-15(4-5-16(13)25-20(28)17-3-2-8-29-17)24-19(27)14-6-7-21-18(10-14)26-11-22-23-12-26/h2-12H,1H3,(H,24,27)(H,25,28). The van der Waals surface area contributed by atoms with Gasteiger partial charge in [-0.1, -0.05) is 0 Å². The van der Waals surface area contributed by atoms with E-state index in [4.69, 9.17) is 4.42 Å². The monoisotopic (exact) mass is 388 g/mol. The number of hydrogen-bond donors (Lipinski definition) is 2. The van der Waals surface area contributed by atoms with Gasteiger partial charge in [0.25, 0.3) is 11.8 Å². The first-order chi connectivity index (χ1) is 14.1. The van der Waals surface area contributed by atoms with Crippen LogP contribution in [0.25, 0.3) is 5.82 Å². The number of rotatable bonds is 5. The second-order valence-corrected chi connectivity index (χ2v) is 6.19. The van der Waals surface area contributed by atoms with Crippen molar-refractivity contribution in [1.82, 2.24) is 19.7 Å². The topological polar surface area (TPSA) is 115 Å². The van der Waals surface area contributed by atoms with E-state index in [9.17, 15) is 9.59 Å². The summed E-state index contributed by atoms with van der Waals surface area (Å²) in [5, 5.41) is 13.1. The van der Waals surface area contributed by atoms with Gasteiger partial charge in [-0.15, -0.1) is 10.2 Å². The molecule has 0 fully saturated rings. The lowest BCUT2D eigenvalue weighted by Crippen LogP contribution is -2.14. The van der Waals surface area contributed by atoms with Crippen LogP contribution in [0.3, 0.4) is 0 Å². The molecule has 0 aliphatic carbocycles. The number of aryl methyl sites for hydroxylation is 1. The number of amides is 2. The van der Waals surface area contributed by atoms with Crippen molar-refractivity contribution in [3.05, 3.63) is 84.5 Å². The number of hydrogen-bond acceptors (Lipinski definition) is 6. The molecule has 0 atom stereocenters. The van der Waals surface area contributed by atoms with E-state index in [0.717, 1.165) is 5.56 Å². The van der Waals surface area contributed by atoms with E-state index in [1.165, 1.54) is 18.9 Å². The third-order valence-electron chi connectivity index (χ3n) is 4.17. The molecule has 4 aromatic rings. The lowest BCUT2D eigenvalue weighted by atomic mass is 10.1. The highest BCUT2D eigenvalue weighted by Crippen LogP contribution is 2.21. The van der Waals surface area contributed by atoms with Gasteiger partial charge in [-0.25, -0.2) is 4.98 Å². The summed E-state index contributed by atoms with van der Waals surface area (Å²) in [7, 11) is 0. The zero-order valence-electron chi connectivity index (χ0n) is 15.4. The lowest BCUT2D eigenvalue weighted by Gasteiger charge is -2.11. The summed E-state index contributed by atoms with van der Waals surface area (Å²) in [6, 6.07) is 11.7. The predicted octanol–water partition coefficient (Wildman–Crippen LogP) is 3.07. The van der Waals surface area contributed by atoms with Crippen LogP contribution in [0.2, 0.25) is 0 Å². The minimum Gasteiger partial charge on any atom is -0.459 e. The number of nitrogens with zero attached hydrogens (tertiary/aromatic N) is 4. The molecular weight excluding hydrogens is 372 g/mol. The molecule has 0 saturated heterocycles. The van der Waals surface area contributed by atoms with Crippen LogP contribution in [0.15, 0.2) is 72.0 Å². The van der Waals surface area contributed by atoms with Crippen LogP contribution in [0.4, 0.5) is 11.4 Å². The summed E-state index contributed by atoms with van der Waals surface area (Å²) in [6.07, 6.45) is 5.99. The van der Waals surface area contributed by atoms with Crippen molar-refractivity contribution in [3.8, 4) is 5.82 Å². The fourth-order valence-electron chi connectivity index (χ4n) is 2.70. The third kappa shape index (κ3) is 4.03. The Morgan fingerprint density at radius 3 is 2.55 bits per heavy atom. The normalized spacial score (nSPS) is 10.5. The SMILES string of the molecule is Cc1cc(NC(=O)c2ccnc(-n3cnnc3)c2)ccc1NC(=O)c1ccco1. The van der Waals surface area contributed by atoms with Gasteiger partial charge in [-0.2, -0.15) is 0 Å². The summed E-state index contributed by atoms with van der Waals surface area (Å²) >= 11 is 0. The van der Waals surface area contributed by atoms with E-state index >= 15 is 0 Å². The molecule has 9 nitrogen and oxygen atoms in total. The van der Waals surface area contributed by atoms with Gasteiger partial charge < -0.3 is 15.1 Å². The van der Waals surface area contributed by atoms with Crippen LogP contribution in [0.5, 0.6) is 0 Å². The van der Waals surface area contributed by atoms with Gasteiger partial charge in [0.05, 0.1) is 6.26 Å². The molecule has 0 spiro atoms. The molecule has 29 heavy (non-hydrogen) atoms. The highest BCUT2D eigenvalue weighted by Gasteiger charge is 2.12. The van der Waals surface area contributed by atoms with Crippen molar-refractivity contribution < 1.29 is 14.0 Å². The van der Waals surface area contributed by atoms with Crippen LogP contribution >= 0.6 is 0 Å². The summed E-state index contributed by atoms with van der Waals surface area (Å²) < 4.78 is 6.69. The van der Waals surface area contributed by atoms with E-state index in [1.54, 1.807) is 53.2 Å². The summed E-state index contributed by atoms with van der Waals surface area (Å²) in [5.74, 6) is 0.139. The van der Waals surface area contributed by atoms with E-state index in [1.807, 2.05) is 6.92 Å². The smallest absolute Gasteiger partial charge is 0.291 e. The number of pyridine rings is 1. The molecule has 144 valence electrons. The Morgan fingerprint density at radius 1 is 1.00 bits per heavy atom. The average molecular weight is 388 g/mol. The highest BCUT2D eigenvalue weighted by molar-refractivity contribution is 6.05. The second-order valence-electron chi connectivity index (χ2n) is 6.19. The minimum atomic E-state index is -0.340. The molecule has 0 aliphatic heterocycles. The van der Waals surface area contributed by atoms with Crippen molar-refractivity contribution in [3.63, 3.8) is 0 Å². The molecule has 0 aliphatic rings. The number of aromatic nitrogens is 4. The van der Waals surface area contributed by atoms with Crippen LogP contribution < -0.4 is 10.6 Å². The van der Waals surface area contributed by atoms with Crippen LogP contribution in [-0.2, 0) is 0 Å². The zero-order valence-corrected chi connectivity index (χ0v) is 15.4. The van der Waals surface area contributed by atoms with Crippen molar-refractivity contribution >= 4 is 23.2 Å². The molecule has 0 saturated carbocycles. The first-order valence-electron chi connectivity index (χ1n) is 8.68. The Hall–Kier alpha value is -4.27. The maximum Gasteiger partial charge on any atom is 0.291 e. The second kappa shape index (κ2) is 7.77. The molecular formula is C20H16N6O3. The minimum absolute atomic E-state index is 0.225. The largest absolute Gasteiger partial charge is 0.459 e. The molecule has 4 rings (SSSR count). The Morgan fingerprint density at radius 2 is 1.83 bits per heavy atom. The third-order valence-corrected chi connectivity index (χ3v) is 4.17. The van der Waals surface area contributed by atoms with Crippen LogP contribution in [-0.4, -0.2) is 31.6 Å². The number of carbonyl (C=O) groups excluding carboxylic acids is 2. The zero-order chi connectivity index (χ0) is 20.2. The fourth-order valence-corrected chi connectivity index (χ4v) is 2.70. The van der Waals surface area contributed by atoms with Crippen LogP contribution in [0.1, 0.15) is 26.5 Å². The summed E-state index contributed by atoms with van der Waals surface area (Å²) in [4.78, 5) is 28.9. The first kappa shape index (κ1) is 18.1. The Labute approximate surface area is 165 Å². The Balaban J connectivity index is 1.47. The summed E-state index contributed by atoms with van der Waals surface area (Å²) in [5.41, 5.74) is 2.47. The quantitative estimate of drug-likeness (QED) is 0.543. The number of benzene rings is 1. The van der Waals surface area contributed by atoms with E-state index in [2.05, 4.69) is 25.8 Å². The number of carbonyl (C=O) groups is 2. The lowest BCUT2D eigenvalue weighted by molar-refractivity contribution is 0.0994. The number of furan rings is 1. The van der Waals surface area contributed by atoms with E-state index < -0.39 is 0 Å². The van der Waals surface area contributed by atoms with Crippen molar-refractivity contribution in [2.24, 2.45) is 0 Å². The van der Waals surface area contributed by atoms with E-state index in [-0.39, 0.29) is 17.6 Å². The molecule has 2 amide bonds.